The highest BCUT2D eigenvalue weighted by Gasteiger charge is 2.21. The van der Waals surface area contributed by atoms with Gasteiger partial charge in [-0.1, -0.05) is 42.5 Å². The molecule has 0 spiro atoms. The summed E-state index contributed by atoms with van der Waals surface area (Å²) < 4.78 is 5.02. The van der Waals surface area contributed by atoms with E-state index in [-0.39, 0.29) is 18.6 Å². The van der Waals surface area contributed by atoms with Crippen LogP contribution >= 0.6 is 0 Å². The molecule has 2 aromatic rings. The smallest absolute Gasteiger partial charge is 0.408 e. The van der Waals surface area contributed by atoms with E-state index in [2.05, 4.69) is 5.32 Å². The van der Waals surface area contributed by atoms with E-state index in [1.54, 1.807) is 24.3 Å². The molecule has 7 nitrogen and oxygen atoms in total. The van der Waals surface area contributed by atoms with Gasteiger partial charge in [0.15, 0.2) is 0 Å². The van der Waals surface area contributed by atoms with Gasteiger partial charge in [0.05, 0.1) is 0 Å². The lowest BCUT2D eigenvalue weighted by Gasteiger charge is -2.15. The van der Waals surface area contributed by atoms with Crippen molar-refractivity contribution in [1.29, 1.82) is 0 Å². The summed E-state index contributed by atoms with van der Waals surface area (Å²) in [5.41, 5.74) is 6.83. The molecule has 0 aliphatic heterocycles. The third-order valence-corrected chi connectivity index (χ3v) is 3.45. The number of carbonyl (C=O) groups is 3. The summed E-state index contributed by atoms with van der Waals surface area (Å²) in [5, 5.41) is 11.6. The Labute approximate surface area is 144 Å². The van der Waals surface area contributed by atoms with E-state index in [0.29, 0.717) is 5.56 Å². The summed E-state index contributed by atoms with van der Waals surface area (Å²) in [4.78, 5) is 34.4. The molecule has 130 valence electrons. The zero-order valence-corrected chi connectivity index (χ0v) is 13.3. The van der Waals surface area contributed by atoms with Crippen LogP contribution in [0.2, 0.25) is 0 Å². The standard InChI is InChI=1S/C18H18N2O5/c19-16(21)14-8-4-7-13(9-14)10-15(17(22)23)20-18(24)25-11-12-5-2-1-3-6-12/h1-9,15H,10-11H2,(H2,19,21)(H,20,24)(H,22,23). The van der Waals surface area contributed by atoms with E-state index in [1.807, 2.05) is 18.2 Å². The van der Waals surface area contributed by atoms with E-state index in [1.165, 1.54) is 12.1 Å². The Balaban J connectivity index is 1.96. The molecule has 0 heterocycles. The van der Waals surface area contributed by atoms with E-state index >= 15 is 0 Å². The van der Waals surface area contributed by atoms with Crippen LogP contribution in [0, 0.1) is 0 Å². The molecule has 0 fully saturated rings. The average molecular weight is 342 g/mol. The van der Waals surface area contributed by atoms with Crippen LogP contribution < -0.4 is 11.1 Å². The van der Waals surface area contributed by atoms with Gasteiger partial charge in [0.25, 0.3) is 0 Å². The maximum absolute atomic E-state index is 11.8. The number of ether oxygens (including phenoxy) is 1. The van der Waals surface area contributed by atoms with Crippen LogP contribution in [0.4, 0.5) is 4.79 Å². The van der Waals surface area contributed by atoms with Crippen molar-refractivity contribution in [2.24, 2.45) is 5.73 Å². The molecular weight excluding hydrogens is 324 g/mol. The summed E-state index contributed by atoms with van der Waals surface area (Å²) in [5.74, 6) is -1.81. The largest absolute Gasteiger partial charge is 0.480 e. The molecule has 0 aromatic heterocycles. The first-order valence-corrected chi connectivity index (χ1v) is 7.54. The maximum atomic E-state index is 11.8. The van der Waals surface area contributed by atoms with Gasteiger partial charge in [-0.3, -0.25) is 4.79 Å². The van der Waals surface area contributed by atoms with Crippen LogP contribution in [-0.4, -0.2) is 29.1 Å². The van der Waals surface area contributed by atoms with E-state index < -0.39 is 24.0 Å². The normalized spacial score (nSPS) is 11.4. The van der Waals surface area contributed by atoms with Crippen molar-refractivity contribution in [3.8, 4) is 0 Å². The molecule has 0 saturated carbocycles. The molecule has 0 aliphatic carbocycles. The van der Waals surface area contributed by atoms with Crippen LogP contribution in [0.15, 0.2) is 54.6 Å². The lowest BCUT2D eigenvalue weighted by molar-refractivity contribution is -0.139. The van der Waals surface area contributed by atoms with Crippen LogP contribution in [0.3, 0.4) is 0 Å². The molecule has 1 unspecified atom stereocenters. The van der Waals surface area contributed by atoms with Crippen molar-refractivity contribution < 1.29 is 24.2 Å². The molecule has 7 heteroatoms. The predicted octanol–water partition coefficient (Wildman–Crippen LogP) is 1.71. The molecule has 2 amide bonds. The monoisotopic (exact) mass is 342 g/mol. The fourth-order valence-corrected chi connectivity index (χ4v) is 2.19. The Morgan fingerprint density at radius 1 is 1.04 bits per heavy atom. The summed E-state index contributed by atoms with van der Waals surface area (Å²) in [6, 6.07) is 14.1. The summed E-state index contributed by atoms with van der Waals surface area (Å²) >= 11 is 0. The summed E-state index contributed by atoms with van der Waals surface area (Å²) in [6.45, 7) is 0.0379. The topological polar surface area (TPSA) is 119 Å². The second-order valence-corrected chi connectivity index (χ2v) is 5.37. The maximum Gasteiger partial charge on any atom is 0.408 e. The zero-order valence-electron chi connectivity index (χ0n) is 13.3. The highest BCUT2D eigenvalue weighted by Crippen LogP contribution is 2.08. The Morgan fingerprint density at radius 3 is 2.36 bits per heavy atom. The number of nitrogens with one attached hydrogen (secondary N) is 1. The SMILES string of the molecule is NC(=O)c1cccc(CC(NC(=O)OCc2ccccc2)C(=O)O)c1. The first-order chi connectivity index (χ1) is 12.0. The first-order valence-electron chi connectivity index (χ1n) is 7.54. The van der Waals surface area contributed by atoms with Gasteiger partial charge < -0.3 is 20.9 Å². The summed E-state index contributed by atoms with van der Waals surface area (Å²) in [7, 11) is 0. The van der Waals surface area contributed by atoms with Crippen LogP contribution in [0.1, 0.15) is 21.5 Å². The Kier molecular flexibility index (Phi) is 6.11. The van der Waals surface area contributed by atoms with E-state index in [9.17, 15) is 19.5 Å². The number of carboxylic acids is 1. The Morgan fingerprint density at radius 2 is 1.72 bits per heavy atom. The van der Waals surface area contributed by atoms with Gasteiger partial charge in [-0.25, -0.2) is 9.59 Å². The van der Waals surface area contributed by atoms with Crippen molar-refractivity contribution in [3.05, 3.63) is 71.3 Å². The van der Waals surface area contributed by atoms with Gasteiger partial charge in [0.1, 0.15) is 12.6 Å². The Bertz CT molecular complexity index is 761. The van der Waals surface area contributed by atoms with Gasteiger partial charge in [-0.2, -0.15) is 0 Å². The Hall–Kier alpha value is -3.35. The van der Waals surface area contributed by atoms with Gasteiger partial charge in [0, 0.05) is 12.0 Å². The predicted molar refractivity (Wildman–Crippen MR) is 89.9 cm³/mol. The van der Waals surface area contributed by atoms with Crippen molar-refractivity contribution in [2.75, 3.05) is 0 Å². The van der Waals surface area contributed by atoms with E-state index in [0.717, 1.165) is 5.56 Å². The first kappa shape index (κ1) is 18.0. The molecule has 2 aromatic carbocycles. The molecule has 0 saturated heterocycles. The van der Waals surface area contributed by atoms with Crippen LogP contribution in [-0.2, 0) is 22.6 Å². The van der Waals surface area contributed by atoms with Crippen LogP contribution in [0.5, 0.6) is 0 Å². The molecule has 25 heavy (non-hydrogen) atoms. The highest BCUT2D eigenvalue weighted by molar-refractivity contribution is 5.93. The average Bonchev–Trinajstić information content (AvgIpc) is 2.60. The zero-order chi connectivity index (χ0) is 18.2. The number of primary amides is 1. The van der Waals surface area contributed by atoms with Gasteiger partial charge >= 0.3 is 12.1 Å². The fourth-order valence-electron chi connectivity index (χ4n) is 2.19. The number of benzene rings is 2. The number of aliphatic carboxylic acids is 1. The molecule has 2 rings (SSSR count). The number of rotatable bonds is 7. The van der Waals surface area contributed by atoms with Gasteiger partial charge in [-0.15, -0.1) is 0 Å². The van der Waals surface area contributed by atoms with Crippen molar-refractivity contribution in [2.45, 2.75) is 19.1 Å². The number of amides is 2. The molecule has 0 radical (unpaired) electrons. The van der Waals surface area contributed by atoms with E-state index in [4.69, 9.17) is 10.5 Å². The molecule has 0 aliphatic rings. The number of nitrogens with two attached hydrogens (primary N) is 1. The van der Waals surface area contributed by atoms with Crippen molar-refractivity contribution in [1.82, 2.24) is 5.32 Å². The van der Waals surface area contributed by atoms with Crippen molar-refractivity contribution in [3.63, 3.8) is 0 Å². The number of alkyl carbamates (subject to hydrolysis) is 1. The third kappa shape index (κ3) is 5.65. The van der Waals surface area contributed by atoms with Crippen molar-refractivity contribution >= 4 is 18.0 Å². The molecule has 0 bridgehead atoms. The second-order valence-electron chi connectivity index (χ2n) is 5.37. The minimum atomic E-state index is -1.21. The second kappa shape index (κ2) is 8.49. The third-order valence-electron chi connectivity index (χ3n) is 3.45. The number of carboxylic acid groups (broad SMARTS) is 1. The van der Waals surface area contributed by atoms with Gasteiger partial charge in [-0.05, 0) is 23.3 Å². The quantitative estimate of drug-likeness (QED) is 0.708. The lowest BCUT2D eigenvalue weighted by Crippen LogP contribution is -2.42. The molecular formula is C18H18N2O5. The highest BCUT2D eigenvalue weighted by atomic mass is 16.5. The lowest BCUT2D eigenvalue weighted by atomic mass is 10.0. The van der Waals surface area contributed by atoms with Crippen LogP contribution in [0.25, 0.3) is 0 Å². The number of hydrogen-bond donors (Lipinski definition) is 3. The minimum Gasteiger partial charge on any atom is -0.480 e. The minimum absolute atomic E-state index is 0.00309. The number of carbonyl (C=O) groups excluding carboxylic acids is 2. The number of hydrogen-bond acceptors (Lipinski definition) is 4. The van der Waals surface area contributed by atoms with Gasteiger partial charge in [0.2, 0.25) is 5.91 Å². The fraction of sp³-hybridized carbons (Fsp3) is 0.167. The molecule has 1 atom stereocenters. The summed E-state index contributed by atoms with van der Waals surface area (Å²) in [6.07, 6.45) is -0.834. The molecule has 4 N–H and O–H groups in total.